The number of carbonyl (C=O) groups is 4. The zero-order valence-electron chi connectivity index (χ0n) is 16.6. The number of ether oxygens (including phenoxy) is 1. The number of amides is 3. The number of hydrogen-bond acceptors (Lipinski definition) is 6. The molecular weight excluding hydrogens is 392 g/mol. The molecule has 0 radical (unpaired) electrons. The molecule has 156 valence electrons. The molecule has 2 atom stereocenters. The summed E-state index contributed by atoms with van der Waals surface area (Å²) in [5.41, 5.74) is 1.44. The first-order valence-electron chi connectivity index (χ1n) is 10.4. The zero-order chi connectivity index (χ0) is 20.5. The molecule has 3 aliphatic rings. The molecule has 0 unspecified atom stereocenters. The van der Waals surface area contributed by atoms with Gasteiger partial charge in [0, 0.05) is 17.8 Å². The normalized spacial score (nSPS) is 23.6. The summed E-state index contributed by atoms with van der Waals surface area (Å²) in [6, 6.07) is 0. The number of nitrogens with one attached hydrogen (secondary N) is 1. The van der Waals surface area contributed by atoms with Crippen molar-refractivity contribution in [2.45, 2.75) is 57.8 Å². The van der Waals surface area contributed by atoms with Gasteiger partial charge in [-0.25, -0.2) is 4.79 Å². The Morgan fingerprint density at radius 2 is 1.72 bits per heavy atom. The quantitative estimate of drug-likeness (QED) is 0.586. The average molecular weight is 419 g/mol. The summed E-state index contributed by atoms with van der Waals surface area (Å²) in [6.07, 6.45) is 7.32. The van der Waals surface area contributed by atoms with Gasteiger partial charge >= 0.3 is 5.97 Å². The Morgan fingerprint density at radius 3 is 2.38 bits per heavy atom. The Morgan fingerprint density at radius 1 is 1.07 bits per heavy atom. The van der Waals surface area contributed by atoms with Gasteiger partial charge in [-0.05, 0) is 44.1 Å². The zero-order valence-corrected chi connectivity index (χ0v) is 17.4. The highest BCUT2D eigenvalue weighted by atomic mass is 32.1. The molecule has 1 aliphatic heterocycles. The largest absolute Gasteiger partial charge is 0.465 e. The minimum absolute atomic E-state index is 0.0279. The molecular formula is C21H26N2O5S. The van der Waals surface area contributed by atoms with E-state index < -0.39 is 5.97 Å². The van der Waals surface area contributed by atoms with Gasteiger partial charge in [-0.2, -0.15) is 0 Å². The Labute approximate surface area is 173 Å². The standard InChI is InChI=1S/C21H26N2O5S/c1-28-21(27)17-14-8-4-5-9-15(14)29-18(17)22-16(24)10-11-23-19(25)12-6-2-3-7-13(12)20(23)26/h12-13H,2-11H2,1H3,(H,22,24)/t12-,13+. The number of esters is 1. The molecule has 2 aliphatic carbocycles. The smallest absolute Gasteiger partial charge is 0.341 e. The van der Waals surface area contributed by atoms with Gasteiger partial charge < -0.3 is 10.1 Å². The van der Waals surface area contributed by atoms with Crippen LogP contribution in [0.25, 0.3) is 0 Å². The van der Waals surface area contributed by atoms with Crippen LogP contribution in [0.1, 0.15) is 65.7 Å². The summed E-state index contributed by atoms with van der Waals surface area (Å²) >= 11 is 1.43. The lowest BCUT2D eigenvalue weighted by Crippen LogP contribution is -2.34. The third kappa shape index (κ3) is 3.70. The van der Waals surface area contributed by atoms with Crippen LogP contribution in [0.4, 0.5) is 5.00 Å². The SMILES string of the molecule is COC(=O)c1c(NC(=O)CCN2C(=O)[C@H]3CCCC[C@H]3C2=O)sc2c1CCCC2. The van der Waals surface area contributed by atoms with Crippen LogP contribution in [0.5, 0.6) is 0 Å². The van der Waals surface area contributed by atoms with Crippen LogP contribution in [0.2, 0.25) is 0 Å². The number of hydrogen-bond donors (Lipinski definition) is 1. The second kappa shape index (κ2) is 8.26. The summed E-state index contributed by atoms with van der Waals surface area (Å²) in [6.45, 7) is 0.0924. The lowest BCUT2D eigenvalue weighted by atomic mass is 9.81. The summed E-state index contributed by atoms with van der Waals surface area (Å²) in [5.74, 6) is -1.40. The summed E-state index contributed by atoms with van der Waals surface area (Å²) in [4.78, 5) is 52.3. The maximum Gasteiger partial charge on any atom is 0.341 e. The number of imide groups is 1. The van der Waals surface area contributed by atoms with Crippen molar-refractivity contribution in [2.24, 2.45) is 11.8 Å². The highest BCUT2D eigenvalue weighted by Crippen LogP contribution is 2.39. The van der Waals surface area contributed by atoms with Gasteiger partial charge in [0.1, 0.15) is 5.00 Å². The van der Waals surface area contributed by atoms with Crippen LogP contribution in [0, 0.1) is 11.8 Å². The molecule has 7 nitrogen and oxygen atoms in total. The van der Waals surface area contributed by atoms with Crippen LogP contribution in [0.15, 0.2) is 0 Å². The van der Waals surface area contributed by atoms with Gasteiger partial charge in [0.15, 0.2) is 0 Å². The molecule has 0 aromatic carbocycles. The number of anilines is 1. The highest BCUT2D eigenvalue weighted by molar-refractivity contribution is 7.17. The fraction of sp³-hybridized carbons (Fsp3) is 0.619. The van der Waals surface area contributed by atoms with Gasteiger partial charge in [-0.15, -0.1) is 11.3 Å². The highest BCUT2D eigenvalue weighted by Gasteiger charge is 2.47. The van der Waals surface area contributed by atoms with E-state index in [1.807, 2.05) is 0 Å². The minimum Gasteiger partial charge on any atom is -0.465 e. The second-order valence-corrected chi connectivity index (χ2v) is 9.14. The number of aryl methyl sites for hydroxylation is 1. The molecule has 4 rings (SSSR count). The van der Waals surface area contributed by atoms with Crippen molar-refractivity contribution in [3.8, 4) is 0 Å². The van der Waals surface area contributed by atoms with Crippen molar-refractivity contribution in [3.63, 3.8) is 0 Å². The van der Waals surface area contributed by atoms with Crippen molar-refractivity contribution in [1.82, 2.24) is 4.90 Å². The molecule has 1 saturated heterocycles. The molecule has 1 aromatic rings. The molecule has 8 heteroatoms. The van der Waals surface area contributed by atoms with E-state index in [2.05, 4.69) is 5.32 Å². The first-order valence-corrected chi connectivity index (χ1v) is 11.2. The molecule has 2 heterocycles. The number of rotatable bonds is 5. The van der Waals surface area contributed by atoms with Gasteiger partial charge in [-0.3, -0.25) is 19.3 Å². The number of likely N-dealkylation sites (tertiary alicyclic amines) is 1. The second-order valence-electron chi connectivity index (χ2n) is 8.03. The molecule has 0 spiro atoms. The third-order valence-corrected chi connectivity index (χ3v) is 7.52. The van der Waals surface area contributed by atoms with Crippen molar-refractivity contribution in [3.05, 3.63) is 16.0 Å². The van der Waals surface area contributed by atoms with E-state index in [1.165, 1.54) is 23.3 Å². The molecule has 29 heavy (non-hydrogen) atoms. The molecule has 0 bridgehead atoms. The number of methoxy groups -OCH3 is 1. The van der Waals surface area contributed by atoms with Gasteiger partial charge in [-0.1, -0.05) is 12.8 Å². The van der Waals surface area contributed by atoms with Gasteiger partial charge in [0.05, 0.1) is 24.5 Å². The fourth-order valence-corrected chi connectivity index (χ4v) is 6.12. The maximum absolute atomic E-state index is 12.6. The van der Waals surface area contributed by atoms with Crippen molar-refractivity contribution in [1.29, 1.82) is 0 Å². The van der Waals surface area contributed by atoms with E-state index in [0.29, 0.717) is 10.6 Å². The number of fused-ring (bicyclic) bond motifs is 2. The number of nitrogens with zero attached hydrogens (tertiary/aromatic N) is 1. The number of thiophene rings is 1. The van der Waals surface area contributed by atoms with E-state index in [1.54, 1.807) is 0 Å². The number of carbonyl (C=O) groups excluding carboxylic acids is 4. The van der Waals surface area contributed by atoms with E-state index in [-0.39, 0.29) is 42.5 Å². The van der Waals surface area contributed by atoms with Crippen LogP contribution < -0.4 is 5.32 Å². The van der Waals surface area contributed by atoms with E-state index in [9.17, 15) is 19.2 Å². The van der Waals surface area contributed by atoms with E-state index in [4.69, 9.17) is 4.74 Å². The topological polar surface area (TPSA) is 92.8 Å². The summed E-state index contributed by atoms with van der Waals surface area (Å²) in [5, 5.41) is 3.34. The van der Waals surface area contributed by atoms with Crippen LogP contribution in [-0.4, -0.2) is 42.2 Å². The Kier molecular flexibility index (Phi) is 5.72. The first kappa shape index (κ1) is 20.1. The lowest BCUT2D eigenvalue weighted by molar-refractivity contribution is -0.140. The van der Waals surface area contributed by atoms with Crippen molar-refractivity contribution in [2.75, 3.05) is 19.0 Å². The first-order chi connectivity index (χ1) is 14.0. The molecule has 1 aromatic heterocycles. The molecule has 3 amide bonds. The average Bonchev–Trinajstić information content (AvgIpc) is 3.21. The predicted molar refractivity (Wildman–Crippen MR) is 108 cm³/mol. The van der Waals surface area contributed by atoms with E-state index in [0.717, 1.165) is 61.8 Å². The Hall–Kier alpha value is -2.22. The molecule has 1 N–H and O–H groups in total. The van der Waals surface area contributed by atoms with Crippen molar-refractivity contribution < 1.29 is 23.9 Å². The molecule has 1 saturated carbocycles. The van der Waals surface area contributed by atoms with Crippen LogP contribution in [0.3, 0.4) is 0 Å². The van der Waals surface area contributed by atoms with E-state index >= 15 is 0 Å². The van der Waals surface area contributed by atoms with Crippen LogP contribution in [-0.2, 0) is 32.0 Å². The lowest BCUT2D eigenvalue weighted by Gasteiger charge is -2.19. The Bertz CT molecular complexity index is 837. The maximum atomic E-state index is 12.6. The third-order valence-electron chi connectivity index (χ3n) is 6.31. The van der Waals surface area contributed by atoms with Crippen LogP contribution >= 0.6 is 11.3 Å². The van der Waals surface area contributed by atoms with Gasteiger partial charge in [0.2, 0.25) is 17.7 Å². The monoisotopic (exact) mass is 418 g/mol. The summed E-state index contributed by atoms with van der Waals surface area (Å²) in [7, 11) is 1.34. The Balaban J connectivity index is 1.43. The molecule has 2 fully saturated rings. The van der Waals surface area contributed by atoms with Gasteiger partial charge in [0.25, 0.3) is 0 Å². The fourth-order valence-electron chi connectivity index (χ4n) is 4.83. The summed E-state index contributed by atoms with van der Waals surface area (Å²) < 4.78 is 4.93. The van der Waals surface area contributed by atoms with Crippen molar-refractivity contribution >= 4 is 40.0 Å². The predicted octanol–water partition coefficient (Wildman–Crippen LogP) is 2.92. The minimum atomic E-state index is -0.436.